The number of carboxylic acid groups (broad SMARTS) is 1. The number of carboxylic acids is 1. The number of nitrogens with one attached hydrogen (secondary N) is 1. The number of rotatable bonds is 8. The van der Waals surface area contributed by atoms with Crippen LogP contribution in [0.4, 0.5) is 11.4 Å². The summed E-state index contributed by atoms with van der Waals surface area (Å²) in [6.45, 7) is 4.16. The fourth-order valence-corrected chi connectivity index (χ4v) is 4.92. The maximum absolute atomic E-state index is 12.0. The zero-order chi connectivity index (χ0) is 28.3. The summed E-state index contributed by atoms with van der Waals surface area (Å²) in [5.41, 5.74) is 6.05. The van der Waals surface area contributed by atoms with Gasteiger partial charge in [0.05, 0.1) is 41.5 Å². The van der Waals surface area contributed by atoms with Crippen LogP contribution < -0.4 is 10.1 Å². The zero-order valence-corrected chi connectivity index (χ0v) is 21.9. The molecule has 2 aromatic rings. The number of ether oxygens (including phenoxy) is 2. The van der Waals surface area contributed by atoms with Gasteiger partial charge < -0.3 is 24.8 Å². The van der Waals surface area contributed by atoms with Crippen molar-refractivity contribution in [3.63, 3.8) is 0 Å². The highest BCUT2D eigenvalue weighted by Crippen LogP contribution is 2.56. The SMILES string of the molecule is COC(=O)C1=C(C)N2C(C)=C2C1c1cccc([N+](=O)[O-])c1.O=C(O)CCCOc1cccc2c1NC(=O)CC2. The molecule has 204 valence electrons. The van der Waals surface area contributed by atoms with E-state index in [2.05, 4.69) is 5.32 Å². The van der Waals surface area contributed by atoms with E-state index in [1.54, 1.807) is 18.2 Å². The topological polar surface area (TPSA) is 148 Å². The van der Waals surface area contributed by atoms with E-state index in [0.717, 1.165) is 33.9 Å². The molecule has 0 aromatic heterocycles. The van der Waals surface area contributed by atoms with Crippen LogP contribution in [0.1, 0.15) is 50.2 Å². The van der Waals surface area contributed by atoms with Crippen molar-refractivity contribution < 1.29 is 33.9 Å². The first-order valence-electron chi connectivity index (χ1n) is 12.4. The fourth-order valence-electron chi connectivity index (χ4n) is 4.92. The standard InChI is InChI=1S/C15H14N2O4.C13H15NO4/c1-8-12(15(18)21-3)13(14-9(2)16(8)14)10-5-4-6-11(7-10)17(19)20;15-11-7-6-9-3-1-4-10(13(9)14-11)18-8-2-5-12(16)17/h4-7,13H,1-3H3;1,3-4H,2,5-8H2,(H,14,15)(H,16,17). The third-order valence-corrected chi connectivity index (χ3v) is 6.79. The monoisotopic (exact) mass is 535 g/mol. The summed E-state index contributed by atoms with van der Waals surface area (Å²) in [5, 5.41) is 22.3. The average Bonchev–Trinajstić information content (AvgIpc) is 3.47. The number of hydrogen-bond acceptors (Lipinski definition) is 8. The van der Waals surface area contributed by atoms with E-state index in [9.17, 15) is 24.5 Å². The number of carbonyl (C=O) groups is 3. The van der Waals surface area contributed by atoms with E-state index in [1.165, 1.54) is 19.2 Å². The third-order valence-electron chi connectivity index (χ3n) is 6.79. The summed E-state index contributed by atoms with van der Waals surface area (Å²) in [5.74, 6) is -0.897. The van der Waals surface area contributed by atoms with Crippen LogP contribution >= 0.6 is 0 Å². The minimum Gasteiger partial charge on any atom is -0.491 e. The number of anilines is 1. The lowest BCUT2D eigenvalue weighted by atomic mass is 9.90. The molecule has 0 saturated heterocycles. The minimum atomic E-state index is -0.831. The number of nitrogens with zero attached hydrogens (tertiary/aromatic N) is 2. The molecule has 0 bridgehead atoms. The van der Waals surface area contributed by atoms with Gasteiger partial charge in [-0.25, -0.2) is 4.79 Å². The molecule has 11 nitrogen and oxygen atoms in total. The number of non-ortho nitro benzene ring substituents is 1. The van der Waals surface area contributed by atoms with Gasteiger partial charge in [-0.2, -0.15) is 0 Å². The Morgan fingerprint density at radius 2 is 1.90 bits per heavy atom. The maximum Gasteiger partial charge on any atom is 0.336 e. The Hall–Kier alpha value is -4.67. The summed E-state index contributed by atoms with van der Waals surface area (Å²) in [6.07, 6.45) is 1.75. The molecule has 0 radical (unpaired) electrons. The molecule has 2 N–H and O–H groups in total. The molecule has 3 heterocycles. The predicted molar refractivity (Wildman–Crippen MR) is 141 cm³/mol. The molecule has 2 aromatic carbocycles. The molecule has 1 atom stereocenters. The van der Waals surface area contributed by atoms with E-state index in [0.29, 0.717) is 37.2 Å². The molecule has 0 saturated carbocycles. The number of allylic oxidation sites excluding steroid dienone is 3. The summed E-state index contributed by atoms with van der Waals surface area (Å²) < 4.78 is 10.4. The van der Waals surface area contributed by atoms with Crippen LogP contribution in [0.25, 0.3) is 0 Å². The second-order valence-corrected chi connectivity index (χ2v) is 9.27. The van der Waals surface area contributed by atoms with E-state index >= 15 is 0 Å². The highest BCUT2D eigenvalue weighted by Gasteiger charge is 2.49. The van der Waals surface area contributed by atoms with Gasteiger partial charge in [0.25, 0.3) is 5.69 Å². The normalized spacial score (nSPS) is 16.9. The van der Waals surface area contributed by atoms with Gasteiger partial charge in [-0.05, 0) is 43.9 Å². The molecular formula is C28H29N3O8. The summed E-state index contributed by atoms with van der Waals surface area (Å²) in [6, 6.07) is 12.0. The number of benzene rings is 2. The number of esters is 1. The molecule has 1 amide bonds. The smallest absolute Gasteiger partial charge is 0.336 e. The fraction of sp³-hybridized carbons (Fsp3) is 0.321. The van der Waals surface area contributed by atoms with Crippen LogP contribution in [-0.2, 0) is 25.5 Å². The van der Waals surface area contributed by atoms with Gasteiger partial charge in [0.15, 0.2) is 0 Å². The molecule has 0 fully saturated rings. The number of hydrogen-bond donors (Lipinski definition) is 2. The lowest BCUT2D eigenvalue weighted by Crippen LogP contribution is -2.19. The van der Waals surface area contributed by atoms with Gasteiger partial charge >= 0.3 is 11.9 Å². The molecule has 11 heteroatoms. The molecule has 0 aliphatic carbocycles. The Kier molecular flexibility index (Phi) is 7.99. The first-order chi connectivity index (χ1) is 18.6. The number of aryl methyl sites for hydroxylation is 1. The zero-order valence-electron chi connectivity index (χ0n) is 21.9. The van der Waals surface area contributed by atoms with E-state index < -0.39 is 16.9 Å². The quantitative estimate of drug-likeness (QED) is 0.216. The number of nitro groups is 1. The first kappa shape index (κ1) is 27.4. The number of methoxy groups -OCH3 is 1. The maximum atomic E-state index is 12.0. The van der Waals surface area contributed by atoms with Crippen molar-refractivity contribution in [2.24, 2.45) is 0 Å². The van der Waals surface area contributed by atoms with Crippen LogP contribution in [-0.4, -0.2) is 46.5 Å². The van der Waals surface area contributed by atoms with Gasteiger partial charge in [0, 0.05) is 36.4 Å². The highest BCUT2D eigenvalue weighted by molar-refractivity contribution is 5.96. The van der Waals surface area contributed by atoms with Gasteiger partial charge in [-0.3, -0.25) is 19.7 Å². The number of carbonyl (C=O) groups excluding carboxylic acids is 2. The van der Waals surface area contributed by atoms with Gasteiger partial charge in [0.2, 0.25) is 5.91 Å². The van der Waals surface area contributed by atoms with Crippen molar-refractivity contribution >= 4 is 29.2 Å². The van der Waals surface area contributed by atoms with Crippen LogP contribution in [0.2, 0.25) is 0 Å². The lowest BCUT2D eigenvalue weighted by Gasteiger charge is -2.20. The number of nitro benzene ring substituents is 1. The number of amides is 1. The predicted octanol–water partition coefficient (Wildman–Crippen LogP) is 4.50. The highest BCUT2D eigenvalue weighted by atomic mass is 16.6. The van der Waals surface area contributed by atoms with Crippen molar-refractivity contribution in [3.05, 3.63) is 86.4 Å². The van der Waals surface area contributed by atoms with Gasteiger partial charge in [0.1, 0.15) is 5.75 Å². The molecule has 1 unspecified atom stereocenters. The van der Waals surface area contributed by atoms with Gasteiger partial charge in [-0.1, -0.05) is 24.3 Å². The number of para-hydroxylation sites is 1. The molecule has 0 spiro atoms. The summed E-state index contributed by atoms with van der Waals surface area (Å²) in [4.78, 5) is 46.3. The Balaban J connectivity index is 0.000000183. The van der Waals surface area contributed by atoms with Crippen molar-refractivity contribution in [2.45, 2.75) is 45.4 Å². The van der Waals surface area contributed by atoms with Crippen LogP contribution in [0.3, 0.4) is 0 Å². The first-order valence-corrected chi connectivity index (χ1v) is 12.4. The Morgan fingerprint density at radius 3 is 2.59 bits per heavy atom. The number of aliphatic carboxylic acids is 1. The Bertz CT molecular complexity index is 1410. The van der Waals surface area contributed by atoms with Gasteiger partial charge in [-0.15, -0.1) is 0 Å². The second kappa shape index (κ2) is 11.4. The molecule has 3 aliphatic heterocycles. The average molecular weight is 536 g/mol. The van der Waals surface area contributed by atoms with Crippen molar-refractivity contribution in [3.8, 4) is 5.75 Å². The van der Waals surface area contributed by atoms with Crippen LogP contribution in [0, 0.1) is 10.1 Å². The summed E-state index contributed by atoms with van der Waals surface area (Å²) in [7, 11) is 1.34. The summed E-state index contributed by atoms with van der Waals surface area (Å²) >= 11 is 0. The number of fused-ring (bicyclic) bond motifs is 2. The van der Waals surface area contributed by atoms with E-state index in [1.807, 2.05) is 30.9 Å². The molecule has 39 heavy (non-hydrogen) atoms. The Morgan fingerprint density at radius 1 is 1.15 bits per heavy atom. The second-order valence-electron chi connectivity index (χ2n) is 9.27. The van der Waals surface area contributed by atoms with E-state index in [-0.39, 0.29) is 23.9 Å². The van der Waals surface area contributed by atoms with Crippen LogP contribution in [0.15, 0.2) is 65.1 Å². The Labute approximate surface area is 224 Å². The van der Waals surface area contributed by atoms with Crippen molar-refractivity contribution in [2.75, 3.05) is 19.0 Å². The van der Waals surface area contributed by atoms with Crippen LogP contribution in [0.5, 0.6) is 5.75 Å². The van der Waals surface area contributed by atoms with Crippen molar-refractivity contribution in [1.82, 2.24) is 4.90 Å². The molecular weight excluding hydrogens is 506 g/mol. The lowest BCUT2D eigenvalue weighted by molar-refractivity contribution is -0.384. The third kappa shape index (κ3) is 5.77. The molecule has 3 aliphatic rings. The molecule has 5 rings (SSSR count). The minimum absolute atomic E-state index is 0.0101. The van der Waals surface area contributed by atoms with E-state index in [4.69, 9.17) is 14.6 Å². The van der Waals surface area contributed by atoms with Crippen molar-refractivity contribution in [1.29, 1.82) is 0 Å². The largest absolute Gasteiger partial charge is 0.491 e.